The fourth-order valence-corrected chi connectivity index (χ4v) is 2.66. The summed E-state index contributed by atoms with van der Waals surface area (Å²) in [5, 5.41) is 2.64. The van der Waals surface area contributed by atoms with E-state index in [0.29, 0.717) is 0 Å². The Balaban J connectivity index is 2.34. The largest absolute Gasteiger partial charge is 0.497 e. The van der Waals surface area contributed by atoms with Crippen LogP contribution in [0.5, 0.6) is 5.75 Å². The van der Waals surface area contributed by atoms with Gasteiger partial charge in [0.05, 0.1) is 7.11 Å². The monoisotopic (exact) mass is 213 g/mol. The molecule has 0 radical (unpaired) electrons. The third kappa shape index (κ3) is 1.38. The van der Waals surface area contributed by atoms with Crippen molar-refractivity contribution in [3.8, 4) is 5.75 Å². The van der Waals surface area contributed by atoms with E-state index in [2.05, 4.69) is 30.3 Å². The highest BCUT2D eigenvalue weighted by molar-refractivity contribution is 5.91. The van der Waals surface area contributed by atoms with Crippen molar-refractivity contribution in [3.63, 3.8) is 0 Å². The maximum absolute atomic E-state index is 6.08. The number of methoxy groups -OCH3 is 1. The number of hydrogen-bond donors (Lipinski definition) is 1. The predicted octanol–water partition coefficient (Wildman–Crippen LogP) is 2.27. The minimum Gasteiger partial charge on any atom is -0.497 e. The van der Waals surface area contributed by atoms with Gasteiger partial charge in [0.2, 0.25) is 0 Å². The minimum atomic E-state index is 0.241. The first kappa shape index (κ1) is 9.67. The summed E-state index contributed by atoms with van der Waals surface area (Å²) in [5.41, 5.74) is 8.77. The van der Waals surface area contributed by atoms with Gasteiger partial charge in [0.15, 0.2) is 0 Å². The molecule has 0 bridgehead atoms. The van der Waals surface area contributed by atoms with Crippen LogP contribution in [0.2, 0.25) is 0 Å². The van der Waals surface area contributed by atoms with Gasteiger partial charge in [0.1, 0.15) is 5.75 Å². The van der Waals surface area contributed by atoms with E-state index in [0.717, 1.165) is 18.6 Å². The van der Waals surface area contributed by atoms with Gasteiger partial charge in [0, 0.05) is 6.04 Å². The highest BCUT2D eigenvalue weighted by Gasteiger charge is 2.18. The number of nitrogens with two attached hydrogens (primary N) is 1. The van der Waals surface area contributed by atoms with E-state index in [1.54, 1.807) is 7.11 Å². The molecule has 2 N–H and O–H groups in total. The number of ether oxygens (including phenoxy) is 1. The Morgan fingerprint density at radius 1 is 1.19 bits per heavy atom. The molecular weight excluding hydrogens is 198 g/mol. The van der Waals surface area contributed by atoms with Crippen LogP contribution >= 0.6 is 0 Å². The number of hydrogen-bond acceptors (Lipinski definition) is 2. The SMILES string of the molecule is COc1cc2c3c(cccc3c1)CC(N)C2. The van der Waals surface area contributed by atoms with Gasteiger partial charge in [-0.2, -0.15) is 0 Å². The van der Waals surface area contributed by atoms with Gasteiger partial charge in [0.25, 0.3) is 0 Å². The van der Waals surface area contributed by atoms with E-state index >= 15 is 0 Å². The molecule has 1 atom stereocenters. The first-order chi connectivity index (χ1) is 7.78. The molecule has 16 heavy (non-hydrogen) atoms. The number of rotatable bonds is 1. The van der Waals surface area contributed by atoms with Crippen LogP contribution in [0, 0.1) is 0 Å². The molecule has 0 saturated carbocycles. The van der Waals surface area contributed by atoms with Crippen LogP contribution in [0.4, 0.5) is 0 Å². The lowest BCUT2D eigenvalue weighted by atomic mass is 9.86. The lowest BCUT2D eigenvalue weighted by molar-refractivity contribution is 0.414. The second-order valence-electron chi connectivity index (χ2n) is 4.47. The third-order valence-corrected chi connectivity index (χ3v) is 3.32. The Morgan fingerprint density at radius 3 is 2.81 bits per heavy atom. The Morgan fingerprint density at radius 2 is 2.00 bits per heavy atom. The van der Waals surface area contributed by atoms with Crippen molar-refractivity contribution in [2.24, 2.45) is 5.73 Å². The fraction of sp³-hybridized carbons (Fsp3) is 0.286. The van der Waals surface area contributed by atoms with Crippen molar-refractivity contribution in [1.82, 2.24) is 0 Å². The van der Waals surface area contributed by atoms with Crippen LogP contribution in [-0.4, -0.2) is 13.2 Å². The molecule has 1 unspecified atom stereocenters. The van der Waals surface area contributed by atoms with Gasteiger partial charge in [-0.1, -0.05) is 18.2 Å². The van der Waals surface area contributed by atoms with Crippen molar-refractivity contribution in [3.05, 3.63) is 41.5 Å². The molecule has 0 saturated heterocycles. The topological polar surface area (TPSA) is 35.2 Å². The molecule has 1 aliphatic rings. The maximum atomic E-state index is 6.08. The summed E-state index contributed by atoms with van der Waals surface area (Å²) in [4.78, 5) is 0. The summed E-state index contributed by atoms with van der Waals surface area (Å²) in [6.07, 6.45) is 1.93. The van der Waals surface area contributed by atoms with Crippen molar-refractivity contribution in [2.75, 3.05) is 7.11 Å². The zero-order chi connectivity index (χ0) is 11.1. The van der Waals surface area contributed by atoms with Gasteiger partial charge < -0.3 is 10.5 Å². The second-order valence-corrected chi connectivity index (χ2v) is 4.47. The predicted molar refractivity (Wildman–Crippen MR) is 65.9 cm³/mol. The normalized spacial score (nSPS) is 18.8. The molecule has 0 fully saturated rings. The highest BCUT2D eigenvalue weighted by atomic mass is 16.5. The van der Waals surface area contributed by atoms with Crippen molar-refractivity contribution >= 4 is 10.8 Å². The van der Waals surface area contributed by atoms with Crippen LogP contribution in [0.15, 0.2) is 30.3 Å². The standard InChI is InChI=1S/C14H15NO/c1-16-13-7-10-4-2-3-9-5-12(15)6-11(8-13)14(9)10/h2-4,7-8,12H,5-6,15H2,1H3. The van der Waals surface area contributed by atoms with Gasteiger partial charge in [-0.05, 0) is 46.9 Å². The van der Waals surface area contributed by atoms with E-state index in [4.69, 9.17) is 10.5 Å². The summed E-state index contributed by atoms with van der Waals surface area (Å²) in [6.45, 7) is 0. The molecule has 3 rings (SSSR count). The van der Waals surface area contributed by atoms with Crippen molar-refractivity contribution in [1.29, 1.82) is 0 Å². The highest BCUT2D eigenvalue weighted by Crippen LogP contribution is 2.32. The van der Waals surface area contributed by atoms with Crippen LogP contribution in [0.3, 0.4) is 0 Å². The molecule has 2 aromatic carbocycles. The quantitative estimate of drug-likeness (QED) is 0.788. The minimum absolute atomic E-state index is 0.241. The average molecular weight is 213 g/mol. The van der Waals surface area contributed by atoms with E-state index in [9.17, 15) is 0 Å². The molecule has 2 heteroatoms. The Bertz CT molecular complexity index is 548. The van der Waals surface area contributed by atoms with Gasteiger partial charge >= 0.3 is 0 Å². The summed E-state index contributed by atoms with van der Waals surface area (Å²) in [7, 11) is 1.71. The Labute approximate surface area is 95.0 Å². The van der Waals surface area contributed by atoms with Crippen LogP contribution < -0.4 is 10.5 Å². The van der Waals surface area contributed by atoms with Crippen molar-refractivity contribution in [2.45, 2.75) is 18.9 Å². The van der Waals surface area contributed by atoms with E-state index in [1.165, 1.54) is 21.9 Å². The summed E-state index contributed by atoms with van der Waals surface area (Å²) >= 11 is 0. The summed E-state index contributed by atoms with van der Waals surface area (Å²) in [6, 6.07) is 10.9. The van der Waals surface area contributed by atoms with Gasteiger partial charge in [-0.3, -0.25) is 0 Å². The van der Waals surface area contributed by atoms with E-state index in [-0.39, 0.29) is 6.04 Å². The van der Waals surface area contributed by atoms with Crippen molar-refractivity contribution < 1.29 is 4.74 Å². The van der Waals surface area contributed by atoms with E-state index < -0.39 is 0 Å². The first-order valence-corrected chi connectivity index (χ1v) is 5.62. The zero-order valence-electron chi connectivity index (χ0n) is 9.36. The Hall–Kier alpha value is -1.54. The van der Waals surface area contributed by atoms with Crippen LogP contribution in [0.25, 0.3) is 10.8 Å². The van der Waals surface area contributed by atoms with Crippen LogP contribution in [0.1, 0.15) is 11.1 Å². The Kier molecular flexibility index (Phi) is 2.11. The molecular formula is C14H15NO. The molecule has 0 aromatic heterocycles. The third-order valence-electron chi connectivity index (χ3n) is 3.32. The van der Waals surface area contributed by atoms with E-state index in [1.807, 2.05) is 0 Å². The molecule has 0 heterocycles. The molecule has 0 aliphatic heterocycles. The second kappa shape index (κ2) is 3.49. The maximum Gasteiger partial charge on any atom is 0.119 e. The van der Waals surface area contributed by atoms with Crippen LogP contribution in [-0.2, 0) is 12.8 Å². The number of benzene rings is 2. The molecule has 2 aromatic rings. The fourth-order valence-electron chi connectivity index (χ4n) is 2.66. The molecule has 2 nitrogen and oxygen atoms in total. The smallest absolute Gasteiger partial charge is 0.119 e. The molecule has 82 valence electrons. The zero-order valence-corrected chi connectivity index (χ0v) is 9.36. The molecule has 0 spiro atoms. The molecule has 0 amide bonds. The average Bonchev–Trinajstić information content (AvgIpc) is 2.28. The first-order valence-electron chi connectivity index (χ1n) is 5.62. The van der Waals surface area contributed by atoms with Gasteiger partial charge in [-0.15, -0.1) is 0 Å². The lowest BCUT2D eigenvalue weighted by Gasteiger charge is -2.22. The molecule has 1 aliphatic carbocycles. The lowest BCUT2D eigenvalue weighted by Crippen LogP contribution is -2.28. The summed E-state index contributed by atoms with van der Waals surface area (Å²) < 4.78 is 5.32. The van der Waals surface area contributed by atoms with Gasteiger partial charge in [-0.25, -0.2) is 0 Å². The summed E-state index contributed by atoms with van der Waals surface area (Å²) in [5.74, 6) is 0.925.